The van der Waals surface area contributed by atoms with Crippen LogP contribution < -0.4 is 5.32 Å². The number of fused-ring (bicyclic) bond motifs is 1. The zero-order valence-corrected chi connectivity index (χ0v) is 10.0. The number of carbonyl (C=O) groups is 1. The molecule has 2 heterocycles. The maximum Gasteiger partial charge on any atom is 0.272 e. The Bertz CT molecular complexity index is 543. The van der Waals surface area contributed by atoms with E-state index >= 15 is 0 Å². The van der Waals surface area contributed by atoms with Crippen molar-refractivity contribution >= 4 is 5.91 Å². The van der Waals surface area contributed by atoms with Gasteiger partial charge in [-0.15, -0.1) is 0 Å². The lowest BCUT2D eigenvalue weighted by molar-refractivity contribution is 0.0942. The first-order chi connectivity index (χ1) is 8.84. The van der Waals surface area contributed by atoms with Gasteiger partial charge in [-0.25, -0.2) is 0 Å². The average molecular weight is 245 g/mol. The van der Waals surface area contributed by atoms with Gasteiger partial charge in [-0.3, -0.25) is 9.89 Å². The molecule has 0 atom stereocenters. The molecule has 1 aliphatic carbocycles. The molecule has 5 nitrogen and oxygen atoms in total. The minimum atomic E-state index is -0.134. The van der Waals surface area contributed by atoms with Crippen LogP contribution in [0.4, 0.5) is 0 Å². The summed E-state index contributed by atoms with van der Waals surface area (Å²) in [4.78, 5) is 12.0. The van der Waals surface area contributed by atoms with Gasteiger partial charge in [-0.05, 0) is 37.8 Å². The molecule has 0 aliphatic heterocycles. The number of nitrogens with one attached hydrogen (secondary N) is 2. The highest BCUT2D eigenvalue weighted by Crippen LogP contribution is 2.21. The van der Waals surface area contributed by atoms with Crippen molar-refractivity contribution < 1.29 is 9.21 Å². The second kappa shape index (κ2) is 4.68. The molecule has 0 bridgehead atoms. The van der Waals surface area contributed by atoms with Crippen LogP contribution in [-0.4, -0.2) is 16.1 Å². The summed E-state index contributed by atoms with van der Waals surface area (Å²) >= 11 is 0. The van der Waals surface area contributed by atoms with E-state index in [4.69, 9.17) is 4.42 Å². The van der Waals surface area contributed by atoms with E-state index in [-0.39, 0.29) is 5.91 Å². The molecule has 2 N–H and O–H groups in total. The number of furan rings is 1. The lowest BCUT2D eigenvalue weighted by Gasteiger charge is -2.10. The summed E-state index contributed by atoms with van der Waals surface area (Å²) in [7, 11) is 0. The molecule has 0 aromatic carbocycles. The molecule has 2 aromatic heterocycles. The zero-order valence-electron chi connectivity index (χ0n) is 10.0. The number of hydrogen-bond donors (Lipinski definition) is 2. The monoisotopic (exact) mass is 245 g/mol. The third kappa shape index (κ3) is 2.03. The molecule has 2 aromatic rings. The summed E-state index contributed by atoms with van der Waals surface area (Å²) in [6.45, 7) is 0.396. The third-order valence-corrected chi connectivity index (χ3v) is 3.27. The lowest BCUT2D eigenvalue weighted by Crippen LogP contribution is -2.24. The SMILES string of the molecule is O=C(NCc1ccco1)c1n[nH]c2c1CCCC2. The van der Waals surface area contributed by atoms with Crippen LogP contribution in [0.25, 0.3) is 0 Å². The highest BCUT2D eigenvalue weighted by molar-refractivity contribution is 5.93. The van der Waals surface area contributed by atoms with Crippen molar-refractivity contribution in [2.75, 3.05) is 0 Å². The number of rotatable bonds is 3. The van der Waals surface area contributed by atoms with E-state index in [0.29, 0.717) is 12.2 Å². The van der Waals surface area contributed by atoms with E-state index in [0.717, 1.165) is 36.3 Å². The second-order valence-electron chi connectivity index (χ2n) is 4.50. The fraction of sp³-hybridized carbons (Fsp3) is 0.385. The third-order valence-electron chi connectivity index (χ3n) is 3.27. The molecule has 1 amide bonds. The molecule has 5 heteroatoms. The first kappa shape index (κ1) is 11.1. The van der Waals surface area contributed by atoms with Gasteiger partial charge in [0.25, 0.3) is 5.91 Å². The standard InChI is InChI=1S/C13H15N3O2/c17-13(14-8-9-4-3-7-18-9)12-10-5-1-2-6-11(10)15-16-12/h3-4,7H,1-2,5-6,8H2,(H,14,17)(H,15,16). The van der Waals surface area contributed by atoms with Gasteiger partial charge in [-0.2, -0.15) is 5.10 Å². The average Bonchev–Trinajstić information content (AvgIpc) is 3.05. The van der Waals surface area contributed by atoms with Crippen molar-refractivity contribution in [3.05, 3.63) is 41.1 Å². The molecule has 0 unspecified atom stereocenters. The summed E-state index contributed by atoms with van der Waals surface area (Å²) in [6, 6.07) is 3.64. The van der Waals surface area contributed by atoms with Crippen molar-refractivity contribution in [3.8, 4) is 0 Å². The van der Waals surface area contributed by atoms with Crippen molar-refractivity contribution in [1.29, 1.82) is 0 Å². The minimum absolute atomic E-state index is 0.134. The summed E-state index contributed by atoms with van der Waals surface area (Å²) in [5, 5.41) is 9.92. The van der Waals surface area contributed by atoms with E-state index in [1.165, 1.54) is 6.42 Å². The highest BCUT2D eigenvalue weighted by atomic mass is 16.3. The Kier molecular flexibility index (Phi) is 2.88. The van der Waals surface area contributed by atoms with E-state index < -0.39 is 0 Å². The van der Waals surface area contributed by atoms with E-state index in [1.807, 2.05) is 6.07 Å². The normalized spacial score (nSPS) is 14.2. The maximum absolute atomic E-state index is 12.0. The summed E-state index contributed by atoms with van der Waals surface area (Å²) in [5.41, 5.74) is 2.74. The fourth-order valence-corrected chi connectivity index (χ4v) is 2.33. The number of nitrogens with zero attached hydrogens (tertiary/aromatic N) is 1. The Morgan fingerprint density at radius 3 is 3.17 bits per heavy atom. The number of hydrogen-bond acceptors (Lipinski definition) is 3. The zero-order chi connectivity index (χ0) is 12.4. The van der Waals surface area contributed by atoms with Crippen LogP contribution in [0, 0.1) is 0 Å². The van der Waals surface area contributed by atoms with Crippen LogP contribution in [0.1, 0.15) is 40.3 Å². The predicted molar refractivity (Wildman–Crippen MR) is 65.1 cm³/mol. The van der Waals surface area contributed by atoms with Crippen LogP contribution in [0.15, 0.2) is 22.8 Å². The Hall–Kier alpha value is -2.04. The second-order valence-corrected chi connectivity index (χ2v) is 4.50. The van der Waals surface area contributed by atoms with Gasteiger partial charge in [0.1, 0.15) is 5.76 Å². The number of aromatic amines is 1. The predicted octanol–water partition coefficient (Wildman–Crippen LogP) is 1.81. The van der Waals surface area contributed by atoms with Gasteiger partial charge in [-0.1, -0.05) is 0 Å². The molecule has 0 saturated carbocycles. The molecule has 1 aliphatic rings. The van der Waals surface area contributed by atoms with Gasteiger partial charge < -0.3 is 9.73 Å². The molecule has 18 heavy (non-hydrogen) atoms. The minimum Gasteiger partial charge on any atom is -0.467 e. The van der Waals surface area contributed by atoms with E-state index in [1.54, 1.807) is 12.3 Å². The molecular formula is C13H15N3O2. The Balaban J connectivity index is 1.70. The van der Waals surface area contributed by atoms with Crippen LogP contribution in [0.3, 0.4) is 0 Å². The van der Waals surface area contributed by atoms with E-state index in [2.05, 4.69) is 15.5 Å². The van der Waals surface area contributed by atoms with Crippen LogP contribution in [-0.2, 0) is 19.4 Å². The molecule has 0 saturated heterocycles. The summed E-state index contributed by atoms with van der Waals surface area (Å²) in [5.74, 6) is 0.610. The first-order valence-electron chi connectivity index (χ1n) is 6.21. The van der Waals surface area contributed by atoms with Crippen LogP contribution in [0.5, 0.6) is 0 Å². The van der Waals surface area contributed by atoms with Crippen molar-refractivity contribution in [2.24, 2.45) is 0 Å². The Morgan fingerprint density at radius 2 is 2.33 bits per heavy atom. The summed E-state index contributed by atoms with van der Waals surface area (Å²) in [6.07, 6.45) is 5.83. The molecule has 0 fully saturated rings. The molecule has 0 spiro atoms. The molecule has 0 radical (unpaired) electrons. The molecular weight excluding hydrogens is 230 g/mol. The van der Waals surface area contributed by atoms with Crippen LogP contribution >= 0.6 is 0 Å². The van der Waals surface area contributed by atoms with Gasteiger partial charge in [0, 0.05) is 11.3 Å². The van der Waals surface area contributed by atoms with Gasteiger partial charge in [0.2, 0.25) is 0 Å². The number of aromatic nitrogens is 2. The first-order valence-corrected chi connectivity index (χ1v) is 6.21. The van der Waals surface area contributed by atoms with Crippen molar-refractivity contribution in [1.82, 2.24) is 15.5 Å². The molecule has 3 rings (SSSR count). The largest absolute Gasteiger partial charge is 0.467 e. The van der Waals surface area contributed by atoms with Gasteiger partial charge >= 0.3 is 0 Å². The topological polar surface area (TPSA) is 70.9 Å². The maximum atomic E-state index is 12.0. The highest BCUT2D eigenvalue weighted by Gasteiger charge is 2.21. The molecule has 94 valence electrons. The number of amides is 1. The lowest BCUT2D eigenvalue weighted by atomic mass is 9.96. The fourth-order valence-electron chi connectivity index (χ4n) is 2.33. The quantitative estimate of drug-likeness (QED) is 0.866. The Morgan fingerprint density at radius 1 is 1.44 bits per heavy atom. The van der Waals surface area contributed by atoms with Crippen LogP contribution in [0.2, 0.25) is 0 Å². The van der Waals surface area contributed by atoms with Gasteiger partial charge in [0.05, 0.1) is 12.8 Å². The van der Waals surface area contributed by atoms with Gasteiger partial charge in [0.15, 0.2) is 5.69 Å². The summed E-state index contributed by atoms with van der Waals surface area (Å²) < 4.78 is 5.17. The smallest absolute Gasteiger partial charge is 0.272 e. The Labute approximate surface area is 105 Å². The van der Waals surface area contributed by atoms with Crippen molar-refractivity contribution in [3.63, 3.8) is 0 Å². The number of carbonyl (C=O) groups excluding carboxylic acids is 1. The van der Waals surface area contributed by atoms with E-state index in [9.17, 15) is 4.79 Å². The van der Waals surface area contributed by atoms with Crippen molar-refractivity contribution in [2.45, 2.75) is 32.2 Å². The number of H-pyrrole nitrogens is 1. The number of aryl methyl sites for hydroxylation is 1.